The number of hydrogen-bond donors (Lipinski definition) is 2. The lowest BCUT2D eigenvalue weighted by molar-refractivity contribution is 0.0934. The van der Waals surface area contributed by atoms with Gasteiger partial charge in [0.25, 0.3) is 5.91 Å². The van der Waals surface area contributed by atoms with Crippen molar-refractivity contribution < 1.29 is 9.90 Å². The molecular formula is C18H19NO2. The smallest absolute Gasteiger partial charge is 0.255 e. The van der Waals surface area contributed by atoms with Gasteiger partial charge in [-0.3, -0.25) is 4.79 Å². The van der Waals surface area contributed by atoms with Gasteiger partial charge in [0.15, 0.2) is 0 Å². The van der Waals surface area contributed by atoms with E-state index in [1.807, 2.05) is 0 Å². The Bertz CT molecular complexity index is 706. The third-order valence-corrected chi connectivity index (χ3v) is 4.16. The van der Waals surface area contributed by atoms with Gasteiger partial charge in [-0.1, -0.05) is 35.9 Å². The topological polar surface area (TPSA) is 49.3 Å². The zero-order valence-electron chi connectivity index (χ0n) is 12.3. The molecule has 0 unspecified atom stereocenters. The molecule has 0 bridgehead atoms. The number of hydrogen-bond acceptors (Lipinski definition) is 2. The van der Waals surface area contributed by atoms with Crippen LogP contribution in [0.15, 0.2) is 36.4 Å². The van der Waals surface area contributed by atoms with Gasteiger partial charge in [0, 0.05) is 0 Å². The van der Waals surface area contributed by atoms with Gasteiger partial charge in [0.2, 0.25) is 0 Å². The van der Waals surface area contributed by atoms with Crippen molar-refractivity contribution in [2.45, 2.75) is 32.7 Å². The van der Waals surface area contributed by atoms with Gasteiger partial charge >= 0.3 is 0 Å². The maximum Gasteiger partial charge on any atom is 0.255 e. The second-order valence-corrected chi connectivity index (χ2v) is 5.74. The maximum absolute atomic E-state index is 12.4. The molecule has 0 radical (unpaired) electrons. The third kappa shape index (κ3) is 2.51. The Labute approximate surface area is 124 Å². The zero-order valence-corrected chi connectivity index (χ0v) is 12.3. The van der Waals surface area contributed by atoms with Gasteiger partial charge in [-0.15, -0.1) is 0 Å². The number of carbonyl (C=O) groups is 1. The second kappa shape index (κ2) is 5.24. The summed E-state index contributed by atoms with van der Waals surface area (Å²) in [5.41, 5.74) is 4.81. The van der Waals surface area contributed by atoms with E-state index in [1.54, 1.807) is 25.1 Å². The number of aryl methyl sites for hydroxylation is 3. The van der Waals surface area contributed by atoms with Gasteiger partial charge in [-0.05, 0) is 49.4 Å². The first-order chi connectivity index (χ1) is 10.1. The number of amides is 1. The lowest BCUT2D eigenvalue weighted by atomic mass is 10.0. The number of fused-ring (bicyclic) bond motifs is 1. The number of benzene rings is 2. The van der Waals surface area contributed by atoms with E-state index in [9.17, 15) is 9.90 Å². The summed E-state index contributed by atoms with van der Waals surface area (Å²) in [5.74, 6) is -0.147. The van der Waals surface area contributed by atoms with Crippen LogP contribution in [0.5, 0.6) is 5.75 Å². The third-order valence-electron chi connectivity index (χ3n) is 4.16. The molecule has 0 saturated heterocycles. The van der Waals surface area contributed by atoms with Crippen molar-refractivity contribution in [3.63, 3.8) is 0 Å². The Balaban J connectivity index is 1.83. The summed E-state index contributed by atoms with van der Waals surface area (Å²) >= 11 is 0. The van der Waals surface area contributed by atoms with Gasteiger partial charge < -0.3 is 10.4 Å². The molecule has 0 heterocycles. The molecule has 1 aliphatic rings. The highest BCUT2D eigenvalue weighted by Gasteiger charge is 2.25. The Morgan fingerprint density at radius 3 is 2.86 bits per heavy atom. The molecule has 0 saturated carbocycles. The predicted octanol–water partition coefficient (Wildman–Crippen LogP) is 3.43. The lowest BCUT2D eigenvalue weighted by Crippen LogP contribution is -2.27. The molecule has 0 aromatic heterocycles. The van der Waals surface area contributed by atoms with E-state index >= 15 is 0 Å². The van der Waals surface area contributed by atoms with Crippen molar-refractivity contribution in [2.24, 2.45) is 0 Å². The fraction of sp³-hybridized carbons (Fsp3) is 0.278. The number of phenols is 1. The van der Waals surface area contributed by atoms with Crippen LogP contribution in [0, 0.1) is 13.8 Å². The molecule has 108 valence electrons. The van der Waals surface area contributed by atoms with Crippen LogP contribution < -0.4 is 5.32 Å². The van der Waals surface area contributed by atoms with Crippen LogP contribution in [0.25, 0.3) is 0 Å². The van der Waals surface area contributed by atoms with Crippen molar-refractivity contribution in [3.05, 3.63) is 64.2 Å². The van der Waals surface area contributed by atoms with Crippen LogP contribution in [0.1, 0.15) is 45.1 Å². The minimum absolute atomic E-state index is 0.0352. The van der Waals surface area contributed by atoms with Crippen molar-refractivity contribution in [1.82, 2.24) is 5.32 Å². The molecule has 3 heteroatoms. The fourth-order valence-electron chi connectivity index (χ4n) is 2.97. The van der Waals surface area contributed by atoms with E-state index in [-0.39, 0.29) is 17.7 Å². The van der Waals surface area contributed by atoms with Crippen LogP contribution in [-0.2, 0) is 6.42 Å². The maximum atomic E-state index is 12.4. The van der Waals surface area contributed by atoms with E-state index in [0.29, 0.717) is 11.1 Å². The highest BCUT2D eigenvalue weighted by molar-refractivity contribution is 5.97. The second-order valence-electron chi connectivity index (χ2n) is 5.74. The van der Waals surface area contributed by atoms with Gasteiger partial charge in [0.05, 0.1) is 11.6 Å². The summed E-state index contributed by atoms with van der Waals surface area (Å²) in [6.07, 6.45) is 1.90. The molecule has 0 spiro atoms. The van der Waals surface area contributed by atoms with Crippen LogP contribution >= 0.6 is 0 Å². The molecule has 1 atom stereocenters. The van der Waals surface area contributed by atoms with E-state index in [1.165, 1.54) is 16.7 Å². The first-order valence-electron chi connectivity index (χ1n) is 7.25. The molecule has 2 aromatic rings. The van der Waals surface area contributed by atoms with Crippen LogP contribution in [0.4, 0.5) is 0 Å². The molecule has 3 rings (SSSR count). The zero-order chi connectivity index (χ0) is 15.0. The largest absolute Gasteiger partial charge is 0.507 e. The molecule has 0 aliphatic heterocycles. The van der Waals surface area contributed by atoms with Gasteiger partial charge in [-0.25, -0.2) is 0 Å². The molecule has 21 heavy (non-hydrogen) atoms. The minimum atomic E-state index is -0.213. The molecule has 1 amide bonds. The molecule has 0 fully saturated rings. The number of carbonyl (C=O) groups excluding carboxylic acids is 1. The first kappa shape index (κ1) is 13.7. The number of aromatic hydroxyl groups is 1. The van der Waals surface area contributed by atoms with E-state index in [0.717, 1.165) is 12.8 Å². The van der Waals surface area contributed by atoms with Crippen molar-refractivity contribution >= 4 is 5.91 Å². The Hall–Kier alpha value is -2.29. The predicted molar refractivity (Wildman–Crippen MR) is 82.6 cm³/mol. The van der Waals surface area contributed by atoms with E-state index in [2.05, 4.69) is 30.4 Å². The van der Waals surface area contributed by atoms with E-state index < -0.39 is 0 Å². The van der Waals surface area contributed by atoms with Gasteiger partial charge in [0.1, 0.15) is 5.75 Å². The molecule has 3 nitrogen and oxygen atoms in total. The highest BCUT2D eigenvalue weighted by atomic mass is 16.3. The number of rotatable bonds is 2. The fourth-order valence-corrected chi connectivity index (χ4v) is 2.97. The minimum Gasteiger partial charge on any atom is -0.507 e. The summed E-state index contributed by atoms with van der Waals surface area (Å²) in [6.45, 7) is 3.87. The Morgan fingerprint density at radius 2 is 2.05 bits per heavy atom. The molecular weight excluding hydrogens is 262 g/mol. The highest BCUT2D eigenvalue weighted by Crippen LogP contribution is 2.32. The lowest BCUT2D eigenvalue weighted by Gasteiger charge is -2.15. The summed E-state index contributed by atoms with van der Waals surface area (Å²) in [5, 5.41) is 13.1. The van der Waals surface area contributed by atoms with Crippen LogP contribution in [-0.4, -0.2) is 11.0 Å². The molecule has 1 aliphatic carbocycles. The normalized spacial score (nSPS) is 16.6. The Kier molecular flexibility index (Phi) is 3.42. The summed E-state index contributed by atoms with van der Waals surface area (Å²) in [6, 6.07) is 11.6. The SMILES string of the molecule is Cc1ccc2c(c1)CC[C@H]2NC(=O)c1cccc(C)c1O. The first-order valence-corrected chi connectivity index (χ1v) is 7.25. The van der Waals surface area contributed by atoms with E-state index in [4.69, 9.17) is 0 Å². The molecule has 2 aromatic carbocycles. The quantitative estimate of drug-likeness (QED) is 0.886. The standard InChI is InChI=1S/C18H19NO2/c1-11-6-8-14-13(10-11)7-9-16(14)19-18(21)15-5-3-4-12(2)17(15)20/h3-6,8,10,16,20H,7,9H2,1-2H3,(H,19,21)/t16-/m1/s1. The summed E-state index contributed by atoms with van der Waals surface area (Å²) < 4.78 is 0. The van der Waals surface area contributed by atoms with Crippen molar-refractivity contribution in [1.29, 1.82) is 0 Å². The number of para-hydroxylation sites is 1. The molecule has 2 N–H and O–H groups in total. The van der Waals surface area contributed by atoms with Crippen molar-refractivity contribution in [2.75, 3.05) is 0 Å². The Morgan fingerprint density at radius 1 is 1.24 bits per heavy atom. The summed E-state index contributed by atoms with van der Waals surface area (Å²) in [7, 11) is 0. The van der Waals surface area contributed by atoms with Crippen LogP contribution in [0.2, 0.25) is 0 Å². The number of phenolic OH excluding ortho intramolecular Hbond substituents is 1. The average molecular weight is 281 g/mol. The monoisotopic (exact) mass is 281 g/mol. The average Bonchev–Trinajstić information content (AvgIpc) is 2.84. The van der Waals surface area contributed by atoms with Gasteiger partial charge in [-0.2, -0.15) is 0 Å². The summed E-state index contributed by atoms with van der Waals surface area (Å²) in [4.78, 5) is 12.4. The van der Waals surface area contributed by atoms with Crippen molar-refractivity contribution in [3.8, 4) is 5.75 Å². The van der Waals surface area contributed by atoms with Crippen LogP contribution in [0.3, 0.4) is 0 Å². The number of nitrogens with one attached hydrogen (secondary N) is 1.